The molecule has 1 aromatic rings. The van der Waals surface area contributed by atoms with E-state index in [0.717, 1.165) is 37.7 Å². The smallest absolute Gasteiger partial charge is 0.362 e. The fourth-order valence-electron chi connectivity index (χ4n) is 6.47. The zero-order chi connectivity index (χ0) is 36.5. The maximum absolute atomic E-state index is 13.2. The molecule has 0 aliphatic rings. The molecule has 0 radical (unpaired) electrons. The van der Waals surface area contributed by atoms with Gasteiger partial charge in [-0.25, -0.2) is 0 Å². The summed E-state index contributed by atoms with van der Waals surface area (Å²) in [5.74, 6) is -0.367. The second kappa shape index (κ2) is 31.6. The predicted octanol–water partition coefficient (Wildman–Crippen LogP) is 11.0. The number of benzene rings is 1. The number of amides is 2. The average Bonchev–Trinajstić information content (AvgIpc) is 3.08. The number of nitrogens with one attached hydrogen (secondary N) is 2. The van der Waals surface area contributed by atoms with Crippen LogP contribution in [-0.4, -0.2) is 37.4 Å². The van der Waals surface area contributed by atoms with Crippen LogP contribution in [-0.2, 0) is 26.4 Å². The summed E-state index contributed by atoms with van der Waals surface area (Å²) in [5.41, 5.74) is 0.741. The van der Waals surface area contributed by atoms with Crippen LogP contribution < -0.4 is 14.8 Å². The van der Waals surface area contributed by atoms with E-state index >= 15 is 0 Å². The summed E-state index contributed by atoms with van der Waals surface area (Å²) < 4.78 is 35.5. The first-order chi connectivity index (χ1) is 24.2. The van der Waals surface area contributed by atoms with Gasteiger partial charge in [0.2, 0.25) is 11.8 Å². The Bertz CT molecular complexity index is 1060. The minimum absolute atomic E-state index is 0.0265. The van der Waals surface area contributed by atoms with Crippen LogP contribution in [0.2, 0.25) is 0 Å². The van der Waals surface area contributed by atoms with Gasteiger partial charge in [-0.2, -0.15) is 8.42 Å². The average molecular weight is 723 g/mol. The second-order valence-corrected chi connectivity index (χ2v) is 15.4. The normalized spacial score (nSPS) is 12.1. The molecule has 2 amide bonds. The van der Waals surface area contributed by atoms with Crippen LogP contribution in [0.3, 0.4) is 0 Å². The molecule has 0 heterocycles. The lowest BCUT2D eigenvalue weighted by Gasteiger charge is -2.19. The molecule has 9 heteroatoms. The fraction of sp³-hybridized carbons (Fsp3) is 0.805. The number of carbonyl (C=O) groups is 2. The molecule has 1 aromatic carbocycles. The summed E-state index contributed by atoms with van der Waals surface area (Å²) in [5, 5.41) is 5.96. The Hall–Kier alpha value is -2.13. The standard InChI is InChI=1S/C41H74N2O6S/c1-3-5-7-9-11-13-15-17-18-19-20-22-24-26-28-30-40(44)43-39(36-37-31-33-38(34-32-37)49-50(46,47)48)41(45)42-35-29-27-25-23-21-16-14-12-10-8-6-4-2/h31-34,39H,3-30,35-36H2,1-2H3,(H,42,45)(H,43,44)(H,46,47,48)/t39-/m0/s1. The van der Waals surface area contributed by atoms with E-state index in [2.05, 4.69) is 28.7 Å². The van der Waals surface area contributed by atoms with Crippen LogP contribution >= 0.6 is 0 Å². The summed E-state index contributed by atoms with van der Waals surface area (Å²) in [6.45, 7) is 5.09. The molecule has 0 unspecified atom stereocenters. The lowest BCUT2D eigenvalue weighted by Crippen LogP contribution is -2.48. The van der Waals surface area contributed by atoms with E-state index in [0.29, 0.717) is 13.0 Å². The summed E-state index contributed by atoms with van der Waals surface area (Å²) in [6, 6.07) is 5.37. The zero-order valence-electron chi connectivity index (χ0n) is 32.0. The maximum Gasteiger partial charge on any atom is 0.446 e. The summed E-state index contributed by atoms with van der Waals surface area (Å²) in [6.07, 6.45) is 34.7. The second-order valence-electron chi connectivity index (χ2n) is 14.4. The molecule has 8 nitrogen and oxygen atoms in total. The molecular formula is C41H74N2O6S. The topological polar surface area (TPSA) is 122 Å². The number of hydrogen-bond donors (Lipinski definition) is 3. The van der Waals surface area contributed by atoms with Gasteiger partial charge in [0.15, 0.2) is 0 Å². The molecule has 0 aliphatic carbocycles. The summed E-state index contributed by atoms with van der Waals surface area (Å²) >= 11 is 0. The third kappa shape index (κ3) is 28.6. The molecule has 50 heavy (non-hydrogen) atoms. The third-order valence-corrected chi connectivity index (χ3v) is 9.96. The predicted molar refractivity (Wildman–Crippen MR) is 208 cm³/mol. The largest absolute Gasteiger partial charge is 0.446 e. The number of carbonyl (C=O) groups excluding carboxylic acids is 2. The molecule has 0 saturated heterocycles. The van der Waals surface area contributed by atoms with Gasteiger partial charge >= 0.3 is 10.4 Å². The Morgan fingerprint density at radius 2 is 0.980 bits per heavy atom. The van der Waals surface area contributed by atoms with Crippen LogP contribution in [0.5, 0.6) is 5.75 Å². The Balaban J connectivity index is 2.35. The highest BCUT2D eigenvalue weighted by Crippen LogP contribution is 2.17. The van der Waals surface area contributed by atoms with E-state index in [9.17, 15) is 18.0 Å². The van der Waals surface area contributed by atoms with Gasteiger partial charge in [0.1, 0.15) is 11.8 Å². The Labute approximate surface area is 307 Å². The SMILES string of the molecule is CCCCCCCCCCCCCCCCCC(=O)N[C@@H](Cc1ccc(OS(=O)(=O)O)cc1)C(=O)NCCCCCCCCCCCCCC. The van der Waals surface area contributed by atoms with E-state index < -0.39 is 16.4 Å². The van der Waals surface area contributed by atoms with Crippen molar-refractivity contribution in [2.45, 2.75) is 206 Å². The molecule has 0 fully saturated rings. The molecule has 0 aromatic heterocycles. The zero-order valence-corrected chi connectivity index (χ0v) is 32.8. The van der Waals surface area contributed by atoms with Gasteiger partial charge < -0.3 is 14.8 Å². The number of unbranched alkanes of at least 4 members (excludes halogenated alkanes) is 25. The van der Waals surface area contributed by atoms with Gasteiger partial charge in [0, 0.05) is 19.4 Å². The molecule has 1 rings (SSSR count). The minimum atomic E-state index is -4.62. The highest BCUT2D eigenvalue weighted by Gasteiger charge is 2.21. The Kier molecular flexibility index (Phi) is 29.0. The maximum atomic E-state index is 13.2. The summed E-state index contributed by atoms with van der Waals surface area (Å²) in [4.78, 5) is 26.1. The van der Waals surface area contributed by atoms with Gasteiger partial charge in [0.05, 0.1) is 0 Å². The monoisotopic (exact) mass is 723 g/mol. The van der Waals surface area contributed by atoms with E-state index in [1.54, 1.807) is 12.1 Å². The molecule has 3 N–H and O–H groups in total. The van der Waals surface area contributed by atoms with Gasteiger partial charge in [-0.3, -0.25) is 14.1 Å². The van der Waals surface area contributed by atoms with Crippen LogP contribution in [0.15, 0.2) is 24.3 Å². The van der Waals surface area contributed by atoms with Crippen molar-refractivity contribution in [1.29, 1.82) is 0 Å². The molecule has 1 atom stereocenters. The van der Waals surface area contributed by atoms with Crippen molar-refractivity contribution in [2.24, 2.45) is 0 Å². The molecule has 0 saturated carbocycles. The lowest BCUT2D eigenvalue weighted by atomic mass is 10.0. The molecule has 0 aliphatic heterocycles. The van der Waals surface area contributed by atoms with E-state index in [1.807, 2.05) is 0 Å². The lowest BCUT2D eigenvalue weighted by molar-refractivity contribution is -0.129. The highest BCUT2D eigenvalue weighted by molar-refractivity contribution is 7.81. The first kappa shape index (κ1) is 45.9. The van der Waals surface area contributed by atoms with Crippen LogP contribution in [0.4, 0.5) is 0 Å². The van der Waals surface area contributed by atoms with Crippen molar-refractivity contribution in [3.05, 3.63) is 29.8 Å². The van der Waals surface area contributed by atoms with Crippen LogP contribution in [0.1, 0.15) is 199 Å². The van der Waals surface area contributed by atoms with E-state index in [4.69, 9.17) is 4.55 Å². The highest BCUT2D eigenvalue weighted by atomic mass is 32.3. The minimum Gasteiger partial charge on any atom is -0.362 e. The van der Waals surface area contributed by atoms with E-state index in [-0.39, 0.29) is 24.0 Å². The number of hydrogen-bond acceptors (Lipinski definition) is 5. The third-order valence-electron chi connectivity index (χ3n) is 9.55. The fourth-order valence-corrected chi connectivity index (χ4v) is 6.83. The van der Waals surface area contributed by atoms with Crippen molar-refractivity contribution < 1.29 is 26.7 Å². The first-order valence-electron chi connectivity index (χ1n) is 20.6. The van der Waals surface area contributed by atoms with E-state index in [1.165, 1.54) is 153 Å². The molecular weight excluding hydrogens is 649 g/mol. The summed E-state index contributed by atoms with van der Waals surface area (Å²) in [7, 11) is -4.62. The van der Waals surface area contributed by atoms with Gasteiger partial charge in [0.25, 0.3) is 0 Å². The van der Waals surface area contributed by atoms with Crippen molar-refractivity contribution in [2.75, 3.05) is 6.54 Å². The first-order valence-corrected chi connectivity index (χ1v) is 21.9. The Morgan fingerprint density at radius 3 is 1.38 bits per heavy atom. The van der Waals surface area contributed by atoms with Crippen LogP contribution in [0.25, 0.3) is 0 Å². The van der Waals surface area contributed by atoms with Crippen molar-refractivity contribution in [1.82, 2.24) is 10.6 Å². The van der Waals surface area contributed by atoms with Crippen LogP contribution in [0, 0.1) is 0 Å². The number of rotatable bonds is 35. The Morgan fingerprint density at radius 1 is 0.600 bits per heavy atom. The molecule has 0 bridgehead atoms. The van der Waals surface area contributed by atoms with Gasteiger partial charge in [-0.15, -0.1) is 0 Å². The van der Waals surface area contributed by atoms with Gasteiger partial charge in [-0.05, 0) is 30.5 Å². The van der Waals surface area contributed by atoms with Gasteiger partial charge in [-0.1, -0.05) is 187 Å². The quantitative estimate of drug-likeness (QED) is 0.0473. The van der Waals surface area contributed by atoms with Crippen molar-refractivity contribution in [3.8, 4) is 5.75 Å². The molecule has 290 valence electrons. The molecule has 0 spiro atoms. The van der Waals surface area contributed by atoms with Crippen molar-refractivity contribution in [3.63, 3.8) is 0 Å². The van der Waals surface area contributed by atoms with Crippen molar-refractivity contribution >= 4 is 22.2 Å².